The molecule has 3 heteroatoms. The molecule has 3 nitrogen and oxygen atoms in total. The van der Waals surface area contributed by atoms with Crippen molar-refractivity contribution in [3.05, 3.63) is 29.8 Å². The van der Waals surface area contributed by atoms with E-state index in [-0.39, 0.29) is 0 Å². The summed E-state index contributed by atoms with van der Waals surface area (Å²) in [5, 5.41) is 0. The summed E-state index contributed by atoms with van der Waals surface area (Å²) in [6.07, 6.45) is 0. The quantitative estimate of drug-likeness (QED) is 0.552. The van der Waals surface area contributed by atoms with Gasteiger partial charge in [-0.15, -0.1) is 0 Å². The first-order valence-corrected chi connectivity index (χ1v) is 4.24. The number of hydrogen-bond acceptors (Lipinski definition) is 3. The molecule has 13 heavy (non-hydrogen) atoms. The van der Waals surface area contributed by atoms with Gasteiger partial charge in [-0.3, -0.25) is 0 Å². The van der Waals surface area contributed by atoms with E-state index in [1.165, 1.54) is 0 Å². The number of benzene rings is 1. The average molecular weight is 181 g/mol. The molecule has 0 fully saturated rings. The lowest BCUT2D eigenvalue weighted by atomic mass is 10.2. The van der Waals surface area contributed by atoms with Crippen LogP contribution in [-0.2, 0) is 16.1 Å². The van der Waals surface area contributed by atoms with Crippen LogP contribution in [0.5, 0.6) is 0 Å². The van der Waals surface area contributed by atoms with Gasteiger partial charge in [0.25, 0.3) is 0 Å². The summed E-state index contributed by atoms with van der Waals surface area (Å²) in [6, 6.07) is 7.69. The first-order chi connectivity index (χ1) is 6.34. The minimum absolute atomic E-state index is 0.552. The molecule has 1 aromatic carbocycles. The summed E-state index contributed by atoms with van der Waals surface area (Å²) in [5.74, 6) is 0. The number of nitrogens with two attached hydrogens (primary N) is 1. The van der Waals surface area contributed by atoms with Crippen molar-refractivity contribution in [2.75, 3.05) is 26.1 Å². The molecule has 1 aromatic rings. The second-order valence-electron chi connectivity index (χ2n) is 2.74. The van der Waals surface area contributed by atoms with Gasteiger partial charge in [0, 0.05) is 18.4 Å². The van der Waals surface area contributed by atoms with E-state index in [1.54, 1.807) is 7.11 Å². The van der Waals surface area contributed by atoms with Crippen LogP contribution in [0.3, 0.4) is 0 Å². The summed E-state index contributed by atoms with van der Waals surface area (Å²) in [4.78, 5) is 0. The van der Waals surface area contributed by atoms with E-state index in [0.717, 1.165) is 11.3 Å². The van der Waals surface area contributed by atoms with Crippen LogP contribution in [0.4, 0.5) is 5.69 Å². The van der Waals surface area contributed by atoms with Crippen molar-refractivity contribution < 1.29 is 9.47 Å². The molecule has 0 spiro atoms. The van der Waals surface area contributed by atoms with E-state index in [4.69, 9.17) is 15.2 Å². The van der Waals surface area contributed by atoms with Crippen molar-refractivity contribution >= 4 is 5.69 Å². The Kier molecular flexibility index (Phi) is 4.29. The fourth-order valence-electron chi connectivity index (χ4n) is 0.990. The van der Waals surface area contributed by atoms with Crippen molar-refractivity contribution in [1.29, 1.82) is 0 Å². The van der Waals surface area contributed by atoms with Gasteiger partial charge in [0.15, 0.2) is 0 Å². The van der Waals surface area contributed by atoms with E-state index in [2.05, 4.69) is 0 Å². The fraction of sp³-hybridized carbons (Fsp3) is 0.400. The highest BCUT2D eigenvalue weighted by Crippen LogP contribution is 2.10. The molecule has 0 aromatic heterocycles. The predicted molar refractivity (Wildman–Crippen MR) is 52.4 cm³/mol. The molecule has 0 radical (unpaired) electrons. The number of hydrogen-bond donors (Lipinski definition) is 1. The van der Waals surface area contributed by atoms with Gasteiger partial charge in [-0.2, -0.15) is 0 Å². The molecule has 0 saturated carbocycles. The number of anilines is 1. The summed E-state index contributed by atoms with van der Waals surface area (Å²) in [7, 11) is 1.65. The molecular formula is C10H15NO2. The van der Waals surface area contributed by atoms with Crippen LogP contribution in [0, 0.1) is 0 Å². The van der Waals surface area contributed by atoms with E-state index in [9.17, 15) is 0 Å². The van der Waals surface area contributed by atoms with E-state index >= 15 is 0 Å². The monoisotopic (exact) mass is 181 g/mol. The smallest absolute Gasteiger partial charge is 0.0738 e. The first kappa shape index (κ1) is 10.0. The topological polar surface area (TPSA) is 44.5 Å². The maximum absolute atomic E-state index is 5.72. The molecule has 0 amide bonds. The van der Waals surface area contributed by atoms with E-state index < -0.39 is 0 Å². The lowest BCUT2D eigenvalue weighted by molar-refractivity contribution is 0.0619. The number of ether oxygens (including phenoxy) is 2. The highest BCUT2D eigenvalue weighted by Gasteiger charge is 1.96. The van der Waals surface area contributed by atoms with Crippen molar-refractivity contribution in [2.24, 2.45) is 0 Å². The van der Waals surface area contributed by atoms with Gasteiger partial charge in [0.05, 0.1) is 19.8 Å². The summed E-state index contributed by atoms with van der Waals surface area (Å²) in [5.41, 5.74) is 7.53. The van der Waals surface area contributed by atoms with Gasteiger partial charge in [-0.1, -0.05) is 18.2 Å². The standard InChI is InChI=1S/C10H15NO2/c1-12-6-7-13-8-9-4-2-3-5-10(9)11/h2-5H,6-8,11H2,1H3. The van der Waals surface area contributed by atoms with Crippen LogP contribution in [-0.4, -0.2) is 20.3 Å². The fourth-order valence-corrected chi connectivity index (χ4v) is 0.990. The Bertz CT molecular complexity index is 250. The van der Waals surface area contributed by atoms with Gasteiger partial charge in [0.2, 0.25) is 0 Å². The molecule has 0 unspecified atom stereocenters. The minimum Gasteiger partial charge on any atom is -0.398 e. The average Bonchev–Trinajstić information content (AvgIpc) is 2.15. The maximum atomic E-state index is 5.72. The van der Waals surface area contributed by atoms with Gasteiger partial charge < -0.3 is 15.2 Å². The third kappa shape index (κ3) is 3.44. The molecule has 0 aliphatic heterocycles. The van der Waals surface area contributed by atoms with Crippen LogP contribution in [0.1, 0.15) is 5.56 Å². The normalized spacial score (nSPS) is 10.2. The second-order valence-corrected chi connectivity index (χ2v) is 2.74. The van der Waals surface area contributed by atoms with Crippen molar-refractivity contribution in [2.45, 2.75) is 6.61 Å². The molecular weight excluding hydrogens is 166 g/mol. The molecule has 72 valence electrons. The summed E-state index contributed by atoms with van der Waals surface area (Å²) in [6.45, 7) is 1.77. The number of rotatable bonds is 5. The van der Waals surface area contributed by atoms with Gasteiger partial charge in [0.1, 0.15) is 0 Å². The van der Waals surface area contributed by atoms with Crippen molar-refractivity contribution in [3.63, 3.8) is 0 Å². The molecule has 0 aliphatic rings. The zero-order valence-corrected chi connectivity index (χ0v) is 7.82. The molecule has 1 rings (SSSR count). The molecule has 0 bridgehead atoms. The number of nitrogen functional groups attached to an aromatic ring is 1. The molecule has 2 N–H and O–H groups in total. The van der Waals surface area contributed by atoms with Crippen LogP contribution in [0.2, 0.25) is 0 Å². The summed E-state index contributed by atoms with van der Waals surface area (Å²) < 4.78 is 10.2. The molecule has 0 aliphatic carbocycles. The van der Waals surface area contributed by atoms with E-state index in [1.807, 2.05) is 24.3 Å². The molecule has 0 atom stereocenters. The Labute approximate surface area is 78.5 Å². The van der Waals surface area contributed by atoms with Crippen LogP contribution < -0.4 is 5.73 Å². The zero-order chi connectivity index (χ0) is 9.52. The van der Waals surface area contributed by atoms with Crippen LogP contribution in [0.25, 0.3) is 0 Å². The Morgan fingerprint density at radius 1 is 1.23 bits per heavy atom. The highest BCUT2D eigenvalue weighted by atomic mass is 16.5. The Hall–Kier alpha value is -1.06. The lowest BCUT2D eigenvalue weighted by Gasteiger charge is -2.05. The number of methoxy groups -OCH3 is 1. The maximum Gasteiger partial charge on any atom is 0.0738 e. The molecule has 0 saturated heterocycles. The Morgan fingerprint density at radius 2 is 2.00 bits per heavy atom. The van der Waals surface area contributed by atoms with E-state index in [0.29, 0.717) is 19.8 Å². The van der Waals surface area contributed by atoms with Gasteiger partial charge in [-0.05, 0) is 6.07 Å². The first-order valence-electron chi connectivity index (χ1n) is 4.24. The Morgan fingerprint density at radius 3 is 2.69 bits per heavy atom. The predicted octanol–water partition coefficient (Wildman–Crippen LogP) is 1.43. The number of para-hydroxylation sites is 1. The second kappa shape index (κ2) is 5.56. The SMILES string of the molecule is COCCOCc1ccccc1N. The zero-order valence-electron chi connectivity index (χ0n) is 7.82. The molecule has 0 heterocycles. The Balaban J connectivity index is 2.32. The largest absolute Gasteiger partial charge is 0.398 e. The van der Waals surface area contributed by atoms with Crippen LogP contribution >= 0.6 is 0 Å². The van der Waals surface area contributed by atoms with Crippen molar-refractivity contribution in [1.82, 2.24) is 0 Å². The third-order valence-corrected chi connectivity index (χ3v) is 1.74. The lowest BCUT2D eigenvalue weighted by Crippen LogP contribution is -2.03. The highest BCUT2D eigenvalue weighted by molar-refractivity contribution is 5.45. The van der Waals surface area contributed by atoms with Gasteiger partial charge in [-0.25, -0.2) is 0 Å². The third-order valence-electron chi connectivity index (χ3n) is 1.74. The van der Waals surface area contributed by atoms with Gasteiger partial charge >= 0.3 is 0 Å². The van der Waals surface area contributed by atoms with Crippen LogP contribution in [0.15, 0.2) is 24.3 Å². The minimum atomic E-state index is 0.552. The van der Waals surface area contributed by atoms with Crippen molar-refractivity contribution in [3.8, 4) is 0 Å². The summed E-state index contributed by atoms with van der Waals surface area (Å²) >= 11 is 0.